The molecule has 134 valence electrons. The molecule has 8 heteroatoms. The summed E-state index contributed by atoms with van der Waals surface area (Å²) < 4.78 is 25.0. The van der Waals surface area contributed by atoms with Crippen molar-refractivity contribution in [3.8, 4) is 0 Å². The fourth-order valence-electron chi connectivity index (χ4n) is 2.53. The van der Waals surface area contributed by atoms with Gasteiger partial charge in [-0.25, -0.2) is 12.7 Å². The summed E-state index contributed by atoms with van der Waals surface area (Å²) in [5, 5.41) is 7.18. The van der Waals surface area contributed by atoms with Gasteiger partial charge in [-0.15, -0.1) is 0 Å². The summed E-state index contributed by atoms with van der Waals surface area (Å²) >= 11 is 5.88. The number of rotatable bonds is 7. The predicted octanol–water partition coefficient (Wildman–Crippen LogP) is 1.47. The van der Waals surface area contributed by atoms with Crippen molar-refractivity contribution in [1.82, 2.24) is 14.9 Å². The van der Waals surface area contributed by atoms with Gasteiger partial charge < -0.3 is 10.6 Å². The summed E-state index contributed by atoms with van der Waals surface area (Å²) in [6, 6.07) is 7.78. The van der Waals surface area contributed by atoms with E-state index < -0.39 is 10.0 Å². The first-order chi connectivity index (χ1) is 11.5. The van der Waals surface area contributed by atoms with Gasteiger partial charge in [-0.2, -0.15) is 0 Å². The number of benzene rings is 1. The van der Waals surface area contributed by atoms with Crippen molar-refractivity contribution in [2.75, 3.05) is 38.5 Å². The second-order valence-electron chi connectivity index (χ2n) is 5.63. The number of nitrogens with zero attached hydrogens (tertiary/aromatic N) is 2. The Bertz CT molecular complexity index is 647. The highest BCUT2D eigenvalue weighted by Gasteiger charge is 2.27. The fourth-order valence-corrected chi connectivity index (χ4v) is 4.18. The molecule has 0 atom stereocenters. The second-order valence-corrected chi connectivity index (χ2v) is 8.16. The topological polar surface area (TPSA) is 73.8 Å². The number of aliphatic imine (C=N–C) groups is 1. The third-order valence-corrected chi connectivity index (χ3v) is 5.99. The van der Waals surface area contributed by atoms with Gasteiger partial charge in [0.1, 0.15) is 0 Å². The number of halogens is 1. The lowest BCUT2D eigenvalue weighted by atomic mass is 10.1. The molecule has 6 nitrogen and oxygen atoms in total. The van der Waals surface area contributed by atoms with Crippen LogP contribution in [0.5, 0.6) is 0 Å². The Morgan fingerprint density at radius 3 is 2.67 bits per heavy atom. The molecule has 1 aliphatic rings. The number of nitrogens with one attached hydrogen (secondary N) is 2. The van der Waals surface area contributed by atoms with Crippen LogP contribution in [0.2, 0.25) is 5.02 Å². The second kappa shape index (κ2) is 9.25. The number of hydrogen-bond donors (Lipinski definition) is 2. The summed E-state index contributed by atoms with van der Waals surface area (Å²) in [5.74, 6) is 0.971. The first kappa shape index (κ1) is 19.0. The van der Waals surface area contributed by atoms with Crippen molar-refractivity contribution in [3.05, 3.63) is 34.9 Å². The van der Waals surface area contributed by atoms with E-state index in [1.165, 1.54) is 9.87 Å². The van der Waals surface area contributed by atoms with Crippen molar-refractivity contribution in [1.29, 1.82) is 0 Å². The van der Waals surface area contributed by atoms with Crippen molar-refractivity contribution >= 4 is 27.6 Å². The van der Waals surface area contributed by atoms with Gasteiger partial charge in [-0.1, -0.05) is 23.7 Å². The highest BCUT2D eigenvalue weighted by molar-refractivity contribution is 7.89. The molecule has 0 amide bonds. The number of sulfonamides is 1. The van der Waals surface area contributed by atoms with E-state index in [2.05, 4.69) is 15.6 Å². The predicted molar refractivity (Wildman–Crippen MR) is 99.1 cm³/mol. The summed E-state index contributed by atoms with van der Waals surface area (Å²) in [6.45, 7) is 5.01. The highest BCUT2D eigenvalue weighted by Crippen LogP contribution is 2.12. The van der Waals surface area contributed by atoms with Crippen LogP contribution in [0.25, 0.3) is 0 Å². The molecule has 0 aromatic heterocycles. The van der Waals surface area contributed by atoms with Crippen LogP contribution in [0.4, 0.5) is 0 Å². The van der Waals surface area contributed by atoms with Crippen molar-refractivity contribution in [2.45, 2.75) is 19.8 Å². The number of hydrogen-bond acceptors (Lipinski definition) is 3. The third-order valence-electron chi connectivity index (χ3n) is 3.79. The van der Waals surface area contributed by atoms with Gasteiger partial charge in [0.05, 0.1) is 12.3 Å². The summed E-state index contributed by atoms with van der Waals surface area (Å²) in [4.78, 5) is 4.46. The molecule has 0 aliphatic carbocycles. The van der Waals surface area contributed by atoms with E-state index in [1.54, 1.807) is 0 Å². The number of guanidine groups is 1. The monoisotopic (exact) mass is 372 g/mol. The zero-order chi connectivity index (χ0) is 17.4. The fraction of sp³-hybridized carbons (Fsp3) is 0.562. The van der Waals surface area contributed by atoms with Gasteiger partial charge in [0.25, 0.3) is 0 Å². The van der Waals surface area contributed by atoms with Gasteiger partial charge >= 0.3 is 0 Å². The first-order valence-electron chi connectivity index (χ1n) is 8.25. The summed E-state index contributed by atoms with van der Waals surface area (Å²) in [5.41, 5.74) is 1.20. The third kappa shape index (κ3) is 5.96. The average Bonchev–Trinajstić information content (AvgIpc) is 2.88. The van der Waals surface area contributed by atoms with Crippen molar-refractivity contribution in [3.63, 3.8) is 0 Å². The maximum atomic E-state index is 11.8. The minimum absolute atomic E-state index is 0.260. The molecule has 0 unspecified atom stereocenters. The Hall–Kier alpha value is -1.31. The molecule has 0 bridgehead atoms. The Balaban J connectivity index is 1.78. The maximum absolute atomic E-state index is 11.8. The Morgan fingerprint density at radius 1 is 1.29 bits per heavy atom. The van der Waals surface area contributed by atoms with Crippen LogP contribution < -0.4 is 10.6 Å². The van der Waals surface area contributed by atoms with E-state index in [4.69, 9.17) is 11.6 Å². The van der Waals surface area contributed by atoms with Gasteiger partial charge in [0.15, 0.2) is 5.96 Å². The smallest absolute Gasteiger partial charge is 0.214 e. The molecular formula is C16H25ClN4O2S. The molecule has 1 aromatic rings. The minimum Gasteiger partial charge on any atom is -0.357 e. The summed E-state index contributed by atoms with van der Waals surface area (Å²) in [6.07, 6.45) is 1.58. The Kier molecular flexibility index (Phi) is 7.33. The molecule has 1 saturated heterocycles. The Labute approximate surface area is 149 Å². The van der Waals surface area contributed by atoms with Crippen LogP contribution in [0.1, 0.15) is 18.9 Å². The molecule has 1 aromatic carbocycles. The summed E-state index contributed by atoms with van der Waals surface area (Å²) in [7, 11) is -3.04. The molecule has 1 heterocycles. The van der Waals surface area contributed by atoms with Crippen LogP contribution >= 0.6 is 11.6 Å². The molecule has 1 fully saturated rings. The molecule has 24 heavy (non-hydrogen) atoms. The van der Waals surface area contributed by atoms with E-state index in [1.807, 2.05) is 31.2 Å². The molecule has 1 aliphatic heterocycles. The lowest BCUT2D eigenvalue weighted by molar-refractivity contribution is 0.452. The SMILES string of the molecule is CCNC(=NCCN1CCCS1(=O)=O)NCCc1ccc(Cl)cc1. The molecule has 2 N–H and O–H groups in total. The largest absolute Gasteiger partial charge is 0.357 e. The average molecular weight is 373 g/mol. The molecule has 2 rings (SSSR count). The van der Waals surface area contributed by atoms with Gasteiger partial charge in [-0.05, 0) is 37.5 Å². The molecule has 0 spiro atoms. The van der Waals surface area contributed by atoms with Gasteiger partial charge in [0, 0.05) is 31.2 Å². The lowest BCUT2D eigenvalue weighted by Gasteiger charge is -2.14. The van der Waals surface area contributed by atoms with E-state index in [0.717, 1.165) is 24.5 Å². The quantitative estimate of drug-likeness (QED) is 0.561. The van der Waals surface area contributed by atoms with Crippen LogP contribution in [0.3, 0.4) is 0 Å². The first-order valence-corrected chi connectivity index (χ1v) is 10.2. The molecular weight excluding hydrogens is 348 g/mol. The highest BCUT2D eigenvalue weighted by atomic mass is 35.5. The van der Waals surface area contributed by atoms with E-state index >= 15 is 0 Å². The van der Waals surface area contributed by atoms with E-state index in [-0.39, 0.29) is 5.75 Å². The lowest BCUT2D eigenvalue weighted by Crippen LogP contribution is -2.39. The van der Waals surface area contributed by atoms with Gasteiger partial charge in [0.2, 0.25) is 10.0 Å². The minimum atomic E-state index is -3.04. The molecule has 0 saturated carbocycles. The standard InChI is InChI=1S/C16H25ClN4O2S/c1-2-18-16(19-9-8-14-4-6-15(17)7-5-14)20-10-12-21-11-3-13-24(21,22)23/h4-7H,2-3,8-13H2,1H3,(H2,18,19,20). The van der Waals surface area contributed by atoms with Crippen molar-refractivity contribution < 1.29 is 8.42 Å². The maximum Gasteiger partial charge on any atom is 0.214 e. The van der Waals surface area contributed by atoms with Gasteiger partial charge in [-0.3, -0.25) is 4.99 Å². The zero-order valence-electron chi connectivity index (χ0n) is 14.0. The van der Waals surface area contributed by atoms with E-state index in [9.17, 15) is 8.42 Å². The Morgan fingerprint density at radius 2 is 2.04 bits per heavy atom. The van der Waals surface area contributed by atoms with Crippen LogP contribution in [-0.2, 0) is 16.4 Å². The zero-order valence-corrected chi connectivity index (χ0v) is 15.5. The van der Waals surface area contributed by atoms with Crippen LogP contribution in [0, 0.1) is 0 Å². The molecule has 0 radical (unpaired) electrons. The van der Waals surface area contributed by atoms with Crippen LogP contribution in [0.15, 0.2) is 29.3 Å². The normalized spacial score (nSPS) is 17.8. The van der Waals surface area contributed by atoms with E-state index in [0.29, 0.717) is 32.0 Å². The van der Waals surface area contributed by atoms with Crippen LogP contribution in [-0.4, -0.2) is 57.2 Å². The van der Waals surface area contributed by atoms with Crippen molar-refractivity contribution in [2.24, 2.45) is 4.99 Å².